The Kier molecular flexibility index (Phi) is 5.70. The van der Waals surface area contributed by atoms with Crippen LogP contribution in [0.2, 0.25) is 0 Å². The standard InChI is InChI=1S/C21H24N2O4/c1-3-25-21(24)18-13(2)26-20(23)17(12-22)19(18)14-7-6-10-16(11-14)27-15-8-4-5-9-15/h6-7,10-11,15,19H,3-5,8-9,23H2,1-2H3. The molecule has 1 unspecified atom stereocenters. The van der Waals surface area contributed by atoms with Crippen molar-refractivity contribution in [3.8, 4) is 11.8 Å². The van der Waals surface area contributed by atoms with Crippen LogP contribution < -0.4 is 10.5 Å². The monoisotopic (exact) mass is 368 g/mol. The summed E-state index contributed by atoms with van der Waals surface area (Å²) < 4.78 is 16.7. The van der Waals surface area contributed by atoms with Gasteiger partial charge in [-0.05, 0) is 57.2 Å². The number of allylic oxidation sites excluding steroid dienone is 2. The first-order chi connectivity index (χ1) is 13.0. The van der Waals surface area contributed by atoms with E-state index < -0.39 is 11.9 Å². The van der Waals surface area contributed by atoms with Crippen molar-refractivity contribution >= 4 is 5.97 Å². The minimum atomic E-state index is -0.644. The van der Waals surface area contributed by atoms with Crippen molar-refractivity contribution in [2.45, 2.75) is 51.6 Å². The molecule has 1 saturated carbocycles. The maximum Gasteiger partial charge on any atom is 0.338 e. The van der Waals surface area contributed by atoms with Gasteiger partial charge in [0.25, 0.3) is 0 Å². The van der Waals surface area contributed by atoms with Crippen LogP contribution in [0.5, 0.6) is 5.75 Å². The highest BCUT2D eigenvalue weighted by molar-refractivity contribution is 5.92. The summed E-state index contributed by atoms with van der Waals surface area (Å²) in [7, 11) is 0. The molecular formula is C21H24N2O4. The molecule has 2 N–H and O–H groups in total. The second-order valence-corrected chi connectivity index (χ2v) is 6.71. The Morgan fingerprint density at radius 1 is 1.37 bits per heavy atom. The zero-order valence-electron chi connectivity index (χ0n) is 15.7. The Bertz CT molecular complexity index is 829. The molecule has 6 heteroatoms. The smallest absolute Gasteiger partial charge is 0.338 e. The number of carbonyl (C=O) groups excluding carboxylic acids is 1. The van der Waals surface area contributed by atoms with Crippen LogP contribution in [-0.4, -0.2) is 18.7 Å². The van der Waals surface area contributed by atoms with Crippen LogP contribution in [0.15, 0.2) is 47.1 Å². The molecule has 0 aromatic heterocycles. The van der Waals surface area contributed by atoms with Gasteiger partial charge in [0, 0.05) is 0 Å². The summed E-state index contributed by atoms with van der Waals surface area (Å²) in [4.78, 5) is 12.6. The van der Waals surface area contributed by atoms with E-state index in [1.165, 1.54) is 12.8 Å². The second kappa shape index (κ2) is 8.17. The molecule has 1 aliphatic carbocycles. The van der Waals surface area contributed by atoms with Gasteiger partial charge in [0.05, 0.1) is 24.2 Å². The summed E-state index contributed by atoms with van der Waals surface area (Å²) in [6.45, 7) is 3.62. The van der Waals surface area contributed by atoms with E-state index in [0.29, 0.717) is 11.3 Å². The number of nitrogens with zero attached hydrogens (tertiary/aromatic N) is 1. The predicted octanol–water partition coefficient (Wildman–Crippen LogP) is 3.65. The largest absolute Gasteiger partial charge is 0.490 e. The average molecular weight is 368 g/mol. The van der Waals surface area contributed by atoms with Crippen LogP contribution in [0.3, 0.4) is 0 Å². The van der Waals surface area contributed by atoms with Crippen molar-refractivity contribution in [3.63, 3.8) is 0 Å². The number of ether oxygens (including phenoxy) is 3. The Labute approximate surface area is 159 Å². The zero-order chi connectivity index (χ0) is 19.4. The van der Waals surface area contributed by atoms with E-state index in [9.17, 15) is 10.1 Å². The summed E-state index contributed by atoms with van der Waals surface area (Å²) in [6.07, 6.45) is 4.66. The van der Waals surface area contributed by atoms with Gasteiger partial charge < -0.3 is 19.9 Å². The van der Waals surface area contributed by atoms with Crippen LogP contribution in [0, 0.1) is 11.3 Å². The van der Waals surface area contributed by atoms with Crippen molar-refractivity contribution in [2.75, 3.05) is 6.61 Å². The SMILES string of the molecule is CCOC(=O)C1=C(C)OC(N)=C(C#N)C1c1cccc(OC2CCCC2)c1. The van der Waals surface area contributed by atoms with Gasteiger partial charge in [-0.2, -0.15) is 5.26 Å². The van der Waals surface area contributed by atoms with Crippen molar-refractivity contribution < 1.29 is 19.0 Å². The van der Waals surface area contributed by atoms with Crippen LogP contribution >= 0.6 is 0 Å². The van der Waals surface area contributed by atoms with Crippen molar-refractivity contribution in [2.24, 2.45) is 5.73 Å². The summed E-state index contributed by atoms with van der Waals surface area (Å²) in [5.74, 6) is -0.0767. The highest BCUT2D eigenvalue weighted by Crippen LogP contribution is 2.40. The summed E-state index contributed by atoms with van der Waals surface area (Å²) >= 11 is 0. The highest BCUT2D eigenvalue weighted by atomic mass is 16.5. The van der Waals surface area contributed by atoms with Crippen LogP contribution in [0.25, 0.3) is 0 Å². The first-order valence-corrected chi connectivity index (χ1v) is 9.27. The number of benzene rings is 1. The lowest BCUT2D eigenvalue weighted by atomic mass is 9.83. The summed E-state index contributed by atoms with van der Waals surface area (Å²) in [6, 6.07) is 9.56. The average Bonchev–Trinajstić information content (AvgIpc) is 3.14. The third-order valence-corrected chi connectivity index (χ3v) is 4.90. The fourth-order valence-electron chi connectivity index (χ4n) is 3.65. The molecule has 1 aromatic carbocycles. The zero-order valence-corrected chi connectivity index (χ0v) is 15.7. The Balaban J connectivity index is 2.00. The molecule has 2 aliphatic rings. The molecule has 0 radical (unpaired) electrons. The summed E-state index contributed by atoms with van der Waals surface area (Å²) in [5, 5.41) is 9.63. The molecule has 0 bridgehead atoms. The quantitative estimate of drug-likeness (QED) is 0.797. The number of nitrogens with two attached hydrogens (primary N) is 1. The third kappa shape index (κ3) is 3.92. The molecular weight excluding hydrogens is 344 g/mol. The van der Waals surface area contributed by atoms with E-state index in [1.807, 2.05) is 24.3 Å². The van der Waals surface area contributed by atoms with Crippen molar-refractivity contribution in [1.82, 2.24) is 0 Å². The number of nitriles is 1. The minimum Gasteiger partial charge on any atom is -0.490 e. The Morgan fingerprint density at radius 3 is 2.78 bits per heavy atom. The van der Waals surface area contributed by atoms with Crippen LogP contribution in [-0.2, 0) is 14.3 Å². The number of carbonyl (C=O) groups is 1. The molecule has 1 aliphatic heterocycles. The lowest BCUT2D eigenvalue weighted by molar-refractivity contribution is -0.139. The third-order valence-electron chi connectivity index (χ3n) is 4.90. The first kappa shape index (κ1) is 18.8. The maximum atomic E-state index is 12.6. The maximum absolute atomic E-state index is 12.6. The van der Waals surface area contributed by atoms with E-state index in [2.05, 4.69) is 6.07 Å². The van der Waals surface area contributed by atoms with Crippen molar-refractivity contribution in [3.05, 3.63) is 52.6 Å². The molecule has 0 saturated heterocycles. The Morgan fingerprint density at radius 2 is 2.11 bits per heavy atom. The Hall–Kier alpha value is -2.94. The van der Waals surface area contributed by atoms with Gasteiger partial charge in [-0.1, -0.05) is 12.1 Å². The topological polar surface area (TPSA) is 94.6 Å². The lowest BCUT2D eigenvalue weighted by Gasteiger charge is -2.27. The molecule has 1 atom stereocenters. The predicted molar refractivity (Wildman–Crippen MR) is 99.3 cm³/mol. The first-order valence-electron chi connectivity index (χ1n) is 9.27. The molecule has 142 valence electrons. The van der Waals surface area contributed by atoms with Crippen LogP contribution in [0.1, 0.15) is 51.0 Å². The van der Waals surface area contributed by atoms with Crippen LogP contribution in [0.4, 0.5) is 0 Å². The van der Waals surface area contributed by atoms with Gasteiger partial charge in [0.1, 0.15) is 23.2 Å². The molecule has 1 fully saturated rings. The molecule has 1 aromatic rings. The summed E-state index contributed by atoms with van der Waals surface area (Å²) in [5.41, 5.74) is 7.17. The van der Waals surface area contributed by atoms with E-state index in [4.69, 9.17) is 19.9 Å². The molecule has 6 nitrogen and oxygen atoms in total. The lowest BCUT2D eigenvalue weighted by Crippen LogP contribution is -2.25. The number of rotatable bonds is 5. The van der Waals surface area contributed by atoms with E-state index in [-0.39, 0.29) is 24.2 Å². The number of hydrogen-bond acceptors (Lipinski definition) is 6. The van der Waals surface area contributed by atoms with E-state index >= 15 is 0 Å². The fraction of sp³-hybridized carbons (Fsp3) is 0.429. The molecule has 0 spiro atoms. The second-order valence-electron chi connectivity index (χ2n) is 6.71. The van der Waals surface area contributed by atoms with Gasteiger partial charge in [0.2, 0.25) is 5.88 Å². The fourth-order valence-corrected chi connectivity index (χ4v) is 3.65. The minimum absolute atomic E-state index is 0.00941. The molecule has 1 heterocycles. The van der Waals surface area contributed by atoms with Gasteiger partial charge >= 0.3 is 5.97 Å². The number of hydrogen-bond donors (Lipinski definition) is 1. The van der Waals surface area contributed by atoms with Gasteiger partial charge in [-0.15, -0.1) is 0 Å². The van der Waals surface area contributed by atoms with E-state index in [1.54, 1.807) is 13.8 Å². The molecule has 3 rings (SSSR count). The number of esters is 1. The normalized spacial score (nSPS) is 20.3. The van der Waals surface area contributed by atoms with Gasteiger partial charge in [0.15, 0.2) is 0 Å². The van der Waals surface area contributed by atoms with Gasteiger partial charge in [-0.25, -0.2) is 4.79 Å². The van der Waals surface area contributed by atoms with E-state index in [0.717, 1.165) is 24.2 Å². The molecule has 0 amide bonds. The van der Waals surface area contributed by atoms with Gasteiger partial charge in [-0.3, -0.25) is 0 Å². The highest BCUT2D eigenvalue weighted by Gasteiger charge is 2.36. The molecule has 27 heavy (non-hydrogen) atoms. The van der Waals surface area contributed by atoms with Crippen molar-refractivity contribution in [1.29, 1.82) is 5.26 Å².